The number of carbonyl (C=O) groups is 1. The minimum atomic E-state index is -0.128. The average Bonchev–Trinajstić information content (AvgIpc) is 2.38. The van der Waals surface area contributed by atoms with Crippen molar-refractivity contribution in [1.82, 2.24) is 5.32 Å². The highest BCUT2D eigenvalue weighted by Gasteiger charge is 2.08. The number of amides is 1. The summed E-state index contributed by atoms with van der Waals surface area (Å²) >= 11 is 0. The van der Waals surface area contributed by atoms with Crippen LogP contribution in [-0.4, -0.2) is 12.5 Å². The first-order valence-corrected chi connectivity index (χ1v) is 5.46. The van der Waals surface area contributed by atoms with Gasteiger partial charge in [0.1, 0.15) is 0 Å². The second-order valence-corrected chi connectivity index (χ2v) is 3.69. The quantitative estimate of drug-likeness (QED) is 0.814. The molecule has 0 saturated carbocycles. The van der Waals surface area contributed by atoms with Crippen molar-refractivity contribution in [2.75, 3.05) is 6.54 Å². The number of nitrogens with one attached hydrogen (secondary N) is 1. The normalized spacial score (nSPS) is 9.82. The van der Waals surface area contributed by atoms with E-state index in [0.29, 0.717) is 18.5 Å². The third-order valence-corrected chi connectivity index (χ3v) is 2.56. The topological polar surface area (TPSA) is 52.9 Å². The zero-order valence-corrected chi connectivity index (χ0v) is 9.31. The maximum absolute atomic E-state index is 11.9. The van der Waals surface area contributed by atoms with Gasteiger partial charge in [0.25, 0.3) is 5.91 Å². The second-order valence-electron chi connectivity index (χ2n) is 3.69. The third kappa shape index (κ3) is 2.43. The van der Waals surface area contributed by atoms with Crippen LogP contribution in [0, 0.1) is 11.3 Å². The van der Waals surface area contributed by atoms with E-state index in [1.54, 1.807) is 6.07 Å². The number of benzene rings is 2. The summed E-state index contributed by atoms with van der Waals surface area (Å²) in [4.78, 5) is 11.9. The Morgan fingerprint density at radius 1 is 1.18 bits per heavy atom. The van der Waals surface area contributed by atoms with E-state index in [2.05, 4.69) is 5.32 Å². The van der Waals surface area contributed by atoms with Gasteiger partial charge >= 0.3 is 0 Å². The number of carbonyl (C=O) groups excluding carboxylic acids is 1. The minimum absolute atomic E-state index is 0.128. The predicted octanol–water partition coefficient (Wildman–Crippen LogP) is 2.48. The maximum Gasteiger partial charge on any atom is 0.251 e. The molecular formula is C14H12N2O. The smallest absolute Gasteiger partial charge is 0.251 e. The van der Waals surface area contributed by atoms with E-state index >= 15 is 0 Å². The molecule has 0 atom stereocenters. The molecule has 0 aliphatic carbocycles. The van der Waals surface area contributed by atoms with Gasteiger partial charge in [-0.05, 0) is 16.8 Å². The Labute approximate surface area is 99.7 Å². The summed E-state index contributed by atoms with van der Waals surface area (Å²) in [6, 6.07) is 15.4. The molecule has 0 bridgehead atoms. The Hall–Kier alpha value is -2.34. The summed E-state index contributed by atoms with van der Waals surface area (Å²) in [5.41, 5.74) is 0.654. The first kappa shape index (κ1) is 11.2. The highest BCUT2D eigenvalue weighted by Crippen LogP contribution is 2.18. The SMILES string of the molecule is N#CCCNC(=O)c1cccc2ccccc12. The van der Waals surface area contributed by atoms with E-state index in [1.165, 1.54) is 0 Å². The second kappa shape index (κ2) is 5.13. The number of hydrogen-bond donors (Lipinski definition) is 1. The monoisotopic (exact) mass is 224 g/mol. The molecular weight excluding hydrogens is 212 g/mol. The molecule has 17 heavy (non-hydrogen) atoms. The van der Waals surface area contributed by atoms with Gasteiger partial charge < -0.3 is 5.32 Å². The Morgan fingerprint density at radius 3 is 2.76 bits per heavy atom. The molecule has 1 N–H and O–H groups in total. The van der Waals surface area contributed by atoms with E-state index in [9.17, 15) is 4.79 Å². The Bertz CT molecular complexity index is 579. The van der Waals surface area contributed by atoms with E-state index in [-0.39, 0.29) is 5.91 Å². The zero-order valence-electron chi connectivity index (χ0n) is 9.31. The van der Waals surface area contributed by atoms with Crippen molar-refractivity contribution in [3.63, 3.8) is 0 Å². The van der Waals surface area contributed by atoms with Gasteiger partial charge in [-0.3, -0.25) is 4.79 Å². The van der Waals surface area contributed by atoms with Crippen LogP contribution in [-0.2, 0) is 0 Å². The van der Waals surface area contributed by atoms with Crippen molar-refractivity contribution in [2.45, 2.75) is 6.42 Å². The van der Waals surface area contributed by atoms with Crippen LogP contribution >= 0.6 is 0 Å². The van der Waals surface area contributed by atoms with Crippen LogP contribution in [0.1, 0.15) is 16.8 Å². The number of hydrogen-bond acceptors (Lipinski definition) is 2. The Morgan fingerprint density at radius 2 is 1.94 bits per heavy atom. The predicted molar refractivity (Wildman–Crippen MR) is 66.5 cm³/mol. The highest BCUT2D eigenvalue weighted by molar-refractivity contribution is 6.06. The maximum atomic E-state index is 11.9. The van der Waals surface area contributed by atoms with Crippen LogP contribution in [0.25, 0.3) is 10.8 Å². The largest absolute Gasteiger partial charge is 0.351 e. The van der Waals surface area contributed by atoms with Gasteiger partial charge in [0, 0.05) is 12.1 Å². The minimum Gasteiger partial charge on any atom is -0.351 e. The summed E-state index contributed by atoms with van der Waals surface area (Å²) in [6.45, 7) is 0.387. The number of nitriles is 1. The molecule has 0 fully saturated rings. The van der Waals surface area contributed by atoms with E-state index in [1.807, 2.05) is 42.5 Å². The lowest BCUT2D eigenvalue weighted by atomic mass is 10.0. The van der Waals surface area contributed by atoms with Crippen LogP contribution < -0.4 is 5.32 Å². The fourth-order valence-corrected chi connectivity index (χ4v) is 1.75. The number of nitrogens with zero attached hydrogens (tertiary/aromatic N) is 1. The molecule has 0 aromatic heterocycles. The summed E-state index contributed by atoms with van der Waals surface area (Å²) in [7, 11) is 0. The van der Waals surface area contributed by atoms with Crippen molar-refractivity contribution >= 4 is 16.7 Å². The van der Waals surface area contributed by atoms with Gasteiger partial charge in [-0.15, -0.1) is 0 Å². The first-order chi connectivity index (χ1) is 8.33. The fourth-order valence-electron chi connectivity index (χ4n) is 1.75. The fraction of sp³-hybridized carbons (Fsp3) is 0.143. The van der Waals surface area contributed by atoms with Crippen molar-refractivity contribution < 1.29 is 4.79 Å². The van der Waals surface area contributed by atoms with Gasteiger partial charge in [-0.1, -0.05) is 36.4 Å². The molecule has 0 spiro atoms. The van der Waals surface area contributed by atoms with Gasteiger partial charge in [0.05, 0.1) is 12.5 Å². The van der Waals surface area contributed by atoms with Crippen LogP contribution in [0.15, 0.2) is 42.5 Å². The van der Waals surface area contributed by atoms with Crippen LogP contribution in [0.5, 0.6) is 0 Å². The number of rotatable bonds is 3. The molecule has 3 heteroatoms. The van der Waals surface area contributed by atoms with Gasteiger partial charge in [-0.2, -0.15) is 5.26 Å². The molecule has 2 aromatic carbocycles. The van der Waals surface area contributed by atoms with Gasteiger partial charge in [0.15, 0.2) is 0 Å². The van der Waals surface area contributed by atoms with E-state index in [4.69, 9.17) is 5.26 Å². The summed E-state index contributed by atoms with van der Waals surface area (Å²) in [6.07, 6.45) is 0.330. The first-order valence-electron chi connectivity index (χ1n) is 5.46. The lowest BCUT2D eigenvalue weighted by Gasteiger charge is -2.06. The van der Waals surface area contributed by atoms with Gasteiger partial charge in [-0.25, -0.2) is 0 Å². The average molecular weight is 224 g/mol. The standard InChI is InChI=1S/C14H12N2O/c15-9-4-10-16-14(17)13-8-3-6-11-5-1-2-7-12(11)13/h1-3,5-8H,4,10H2,(H,16,17). The van der Waals surface area contributed by atoms with Crippen molar-refractivity contribution in [3.05, 3.63) is 48.0 Å². The van der Waals surface area contributed by atoms with Crippen molar-refractivity contribution in [1.29, 1.82) is 5.26 Å². The summed E-state index contributed by atoms with van der Waals surface area (Å²) in [5.74, 6) is -0.128. The summed E-state index contributed by atoms with van der Waals surface area (Å²) < 4.78 is 0. The Balaban J connectivity index is 2.29. The molecule has 0 unspecified atom stereocenters. The lowest BCUT2D eigenvalue weighted by molar-refractivity contribution is 0.0956. The molecule has 0 saturated heterocycles. The molecule has 0 heterocycles. The zero-order chi connectivity index (χ0) is 12.1. The molecule has 3 nitrogen and oxygen atoms in total. The van der Waals surface area contributed by atoms with Crippen LogP contribution in [0.2, 0.25) is 0 Å². The molecule has 1 amide bonds. The van der Waals surface area contributed by atoms with E-state index in [0.717, 1.165) is 10.8 Å². The Kier molecular flexibility index (Phi) is 3.37. The molecule has 2 rings (SSSR count). The van der Waals surface area contributed by atoms with Crippen molar-refractivity contribution in [3.8, 4) is 6.07 Å². The molecule has 0 aliphatic heterocycles. The lowest BCUT2D eigenvalue weighted by Crippen LogP contribution is -2.24. The molecule has 2 aromatic rings. The van der Waals surface area contributed by atoms with E-state index < -0.39 is 0 Å². The van der Waals surface area contributed by atoms with Gasteiger partial charge in [0.2, 0.25) is 0 Å². The molecule has 84 valence electrons. The van der Waals surface area contributed by atoms with Crippen LogP contribution in [0.4, 0.5) is 0 Å². The third-order valence-electron chi connectivity index (χ3n) is 2.56. The molecule has 0 aliphatic rings. The van der Waals surface area contributed by atoms with Crippen LogP contribution in [0.3, 0.4) is 0 Å². The summed E-state index contributed by atoms with van der Waals surface area (Å²) in [5, 5.41) is 13.1. The van der Waals surface area contributed by atoms with Crippen molar-refractivity contribution in [2.24, 2.45) is 0 Å². The number of fused-ring (bicyclic) bond motifs is 1. The highest BCUT2D eigenvalue weighted by atomic mass is 16.1. The molecule has 0 radical (unpaired) electrons.